The van der Waals surface area contributed by atoms with Gasteiger partial charge in [0.15, 0.2) is 0 Å². The van der Waals surface area contributed by atoms with E-state index in [2.05, 4.69) is 58.3 Å². The lowest BCUT2D eigenvalue weighted by Gasteiger charge is -2.16. The van der Waals surface area contributed by atoms with Crippen LogP contribution in [0.15, 0.2) is 34.9 Å². The van der Waals surface area contributed by atoms with Crippen LogP contribution in [0.2, 0.25) is 0 Å². The molecule has 0 bridgehead atoms. The highest BCUT2D eigenvalue weighted by Gasteiger charge is 2.13. The van der Waals surface area contributed by atoms with Crippen molar-refractivity contribution in [3.8, 4) is 0 Å². The molecule has 0 aliphatic rings. The molecule has 0 aliphatic carbocycles. The summed E-state index contributed by atoms with van der Waals surface area (Å²) < 4.78 is 1.03. The molecule has 0 aliphatic heterocycles. The van der Waals surface area contributed by atoms with Crippen molar-refractivity contribution in [1.82, 2.24) is 10.3 Å². The zero-order valence-electron chi connectivity index (χ0n) is 10.6. The highest BCUT2D eigenvalue weighted by molar-refractivity contribution is 9.10. The summed E-state index contributed by atoms with van der Waals surface area (Å²) in [6.45, 7) is 5.26. The summed E-state index contributed by atoms with van der Waals surface area (Å²) in [6, 6.07) is 8.88. The van der Waals surface area contributed by atoms with E-state index in [0.717, 1.165) is 23.1 Å². The Balaban J connectivity index is 2.13. The van der Waals surface area contributed by atoms with Crippen LogP contribution in [0.5, 0.6) is 0 Å². The monoisotopic (exact) mass is 324 g/mol. The van der Waals surface area contributed by atoms with Crippen LogP contribution in [0.4, 0.5) is 0 Å². The van der Waals surface area contributed by atoms with Crippen LogP contribution in [0.1, 0.15) is 28.4 Å². The van der Waals surface area contributed by atoms with Crippen LogP contribution < -0.4 is 5.32 Å². The second-order valence-corrected chi connectivity index (χ2v) is 6.47. The van der Waals surface area contributed by atoms with E-state index >= 15 is 0 Å². The molecule has 0 saturated carbocycles. The van der Waals surface area contributed by atoms with E-state index in [1.54, 1.807) is 0 Å². The maximum Gasteiger partial charge on any atom is 0.0470 e. The standard InChI is InChI=1S/C14H17BrN2S/c1-3-16-13(14-7-4-10(2)18-14)8-12-6-5-11(15)9-17-12/h4-7,9,13,16H,3,8H2,1-2H3. The predicted molar refractivity (Wildman–Crippen MR) is 81.1 cm³/mol. The average Bonchev–Trinajstić information content (AvgIpc) is 2.78. The third kappa shape index (κ3) is 3.64. The Morgan fingerprint density at radius 2 is 2.17 bits per heavy atom. The van der Waals surface area contributed by atoms with Gasteiger partial charge in [-0.25, -0.2) is 0 Å². The molecule has 0 aromatic carbocycles. The van der Waals surface area contributed by atoms with Gasteiger partial charge in [0.2, 0.25) is 0 Å². The molecule has 0 saturated heterocycles. The maximum absolute atomic E-state index is 4.45. The molecular formula is C14H17BrN2S. The van der Waals surface area contributed by atoms with E-state index in [0.29, 0.717) is 6.04 Å². The van der Waals surface area contributed by atoms with Gasteiger partial charge in [0.25, 0.3) is 0 Å². The second kappa shape index (κ2) is 6.45. The fourth-order valence-corrected chi connectivity index (χ4v) is 3.08. The maximum atomic E-state index is 4.45. The number of pyridine rings is 1. The normalized spacial score (nSPS) is 12.6. The highest BCUT2D eigenvalue weighted by atomic mass is 79.9. The van der Waals surface area contributed by atoms with Gasteiger partial charge in [0, 0.05) is 38.6 Å². The minimum absolute atomic E-state index is 0.363. The van der Waals surface area contributed by atoms with Crippen LogP contribution in [0.3, 0.4) is 0 Å². The highest BCUT2D eigenvalue weighted by Crippen LogP contribution is 2.25. The largest absolute Gasteiger partial charge is 0.309 e. The lowest BCUT2D eigenvalue weighted by atomic mass is 10.1. The first-order valence-electron chi connectivity index (χ1n) is 6.09. The molecule has 4 heteroatoms. The lowest BCUT2D eigenvalue weighted by Crippen LogP contribution is -2.22. The smallest absolute Gasteiger partial charge is 0.0470 e. The average molecular weight is 325 g/mol. The Labute approximate surface area is 121 Å². The number of thiophene rings is 1. The van der Waals surface area contributed by atoms with Crippen molar-refractivity contribution in [2.24, 2.45) is 0 Å². The van der Waals surface area contributed by atoms with E-state index in [9.17, 15) is 0 Å². The molecule has 2 aromatic heterocycles. The van der Waals surface area contributed by atoms with E-state index in [1.165, 1.54) is 9.75 Å². The van der Waals surface area contributed by atoms with Gasteiger partial charge in [-0.15, -0.1) is 11.3 Å². The molecule has 2 nitrogen and oxygen atoms in total. The number of nitrogens with one attached hydrogen (secondary N) is 1. The summed E-state index contributed by atoms with van der Waals surface area (Å²) in [6.07, 6.45) is 2.79. The molecule has 2 rings (SSSR count). The third-order valence-corrected chi connectivity index (χ3v) is 4.34. The Hall–Kier alpha value is -0.710. The van der Waals surface area contributed by atoms with Crippen LogP contribution in [0, 0.1) is 6.92 Å². The predicted octanol–water partition coefficient (Wildman–Crippen LogP) is 4.11. The number of aryl methyl sites for hydroxylation is 1. The van der Waals surface area contributed by atoms with Gasteiger partial charge in [0.05, 0.1) is 0 Å². The number of aromatic nitrogens is 1. The molecule has 1 atom stereocenters. The van der Waals surface area contributed by atoms with Crippen LogP contribution in [-0.4, -0.2) is 11.5 Å². The van der Waals surface area contributed by atoms with E-state index in [1.807, 2.05) is 23.6 Å². The third-order valence-electron chi connectivity index (χ3n) is 2.76. The van der Waals surface area contributed by atoms with Crippen molar-refractivity contribution in [3.05, 3.63) is 50.4 Å². The topological polar surface area (TPSA) is 24.9 Å². The first-order valence-corrected chi connectivity index (χ1v) is 7.70. The summed E-state index contributed by atoms with van der Waals surface area (Å²) >= 11 is 5.27. The Morgan fingerprint density at radius 3 is 2.72 bits per heavy atom. The SMILES string of the molecule is CCNC(Cc1ccc(Br)cn1)c1ccc(C)s1. The van der Waals surface area contributed by atoms with Gasteiger partial charge in [-0.1, -0.05) is 6.92 Å². The van der Waals surface area contributed by atoms with E-state index in [4.69, 9.17) is 0 Å². The Kier molecular flexibility index (Phi) is 4.92. The molecule has 0 spiro atoms. The molecular weight excluding hydrogens is 308 g/mol. The molecule has 2 heterocycles. The van der Waals surface area contributed by atoms with E-state index in [-0.39, 0.29) is 0 Å². The quantitative estimate of drug-likeness (QED) is 0.895. The second-order valence-electron chi connectivity index (χ2n) is 4.23. The van der Waals surface area contributed by atoms with Crippen molar-refractivity contribution in [2.75, 3.05) is 6.54 Å². The van der Waals surface area contributed by atoms with Crippen molar-refractivity contribution < 1.29 is 0 Å². The Morgan fingerprint density at radius 1 is 1.33 bits per heavy atom. The first-order chi connectivity index (χ1) is 8.69. The molecule has 1 unspecified atom stereocenters. The summed E-state index contributed by atoms with van der Waals surface area (Å²) in [5.74, 6) is 0. The molecule has 0 fully saturated rings. The lowest BCUT2D eigenvalue weighted by molar-refractivity contribution is 0.552. The van der Waals surface area contributed by atoms with Gasteiger partial charge in [0.1, 0.15) is 0 Å². The van der Waals surface area contributed by atoms with Gasteiger partial charge < -0.3 is 5.32 Å². The van der Waals surface area contributed by atoms with Crippen LogP contribution in [0.25, 0.3) is 0 Å². The number of nitrogens with zero attached hydrogens (tertiary/aromatic N) is 1. The summed E-state index contributed by atoms with van der Waals surface area (Å²) in [5, 5.41) is 3.53. The molecule has 0 amide bonds. The molecule has 18 heavy (non-hydrogen) atoms. The molecule has 1 N–H and O–H groups in total. The van der Waals surface area contributed by atoms with E-state index < -0.39 is 0 Å². The number of halogens is 1. The summed E-state index contributed by atoms with van der Waals surface area (Å²) in [7, 11) is 0. The number of hydrogen-bond acceptors (Lipinski definition) is 3. The first kappa shape index (κ1) is 13.7. The number of hydrogen-bond donors (Lipinski definition) is 1. The van der Waals surface area contributed by atoms with Crippen LogP contribution in [-0.2, 0) is 6.42 Å². The molecule has 2 aromatic rings. The van der Waals surface area contributed by atoms with Gasteiger partial charge >= 0.3 is 0 Å². The summed E-state index contributed by atoms with van der Waals surface area (Å²) in [4.78, 5) is 7.20. The number of rotatable bonds is 5. The Bertz CT molecular complexity index is 493. The fraction of sp³-hybridized carbons (Fsp3) is 0.357. The van der Waals surface area contributed by atoms with Crippen molar-refractivity contribution >= 4 is 27.3 Å². The van der Waals surface area contributed by atoms with Crippen molar-refractivity contribution in [2.45, 2.75) is 26.3 Å². The minimum Gasteiger partial charge on any atom is -0.309 e. The van der Waals surface area contributed by atoms with Crippen LogP contribution >= 0.6 is 27.3 Å². The number of likely N-dealkylation sites (N-methyl/N-ethyl adjacent to an activating group) is 1. The zero-order valence-corrected chi connectivity index (χ0v) is 13.0. The van der Waals surface area contributed by atoms with Gasteiger partial charge in [-0.05, 0) is 53.7 Å². The van der Waals surface area contributed by atoms with Crippen molar-refractivity contribution in [3.63, 3.8) is 0 Å². The summed E-state index contributed by atoms with van der Waals surface area (Å²) in [5.41, 5.74) is 1.12. The molecule has 0 radical (unpaired) electrons. The van der Waals surface area contributed by atoms with Gasteiger partial charge in [-0.3, -0.25) is 4.98 Å². The minimum atomic E-state index is 0.363. The van der Waals surface area contributed by atoms with Gasteiger partial charge in [-0.2, -0.15) is 0 Å². The van der Waals surface area contributed by atoms with Crippen molar-refractivity contribution in [1.29, 1.82) is 0 Å². The fourth-order valence-electron chi connectivity index (χ4n) is 1.90. The zero-order chi connectivity index (χ0) is 13.0. The molecule has 96 valence electrons.